The lowest BCUT2D eigenvalue weighted by atomic mass is 9.95. The number of nitrogens with zero attached hydrogens (tertiary/aromatic N) is 2. The van der Waals surface area contributed by atoms with Crippen molar-refractivity contribution in [3.8, 4) is 0 Å². The number of aliphatic hydroxyl groups excluding tert-OH is 1. The van der Waals surface area contributed by atoms with Crippen molar-refractivity contribution in [1.82, 2.24) is 19.6 Å². The second-order valence-corrected chi connectivity index (χ2v) is 14.0. The molecule has 0 saturated heterocycles. The van der Waals surface area contributed by atoms with E-state index in [0.717, 1.165) is 11.1 Å². The number of benzene rings is 3. The van der Waals surface area contributed by atoms with Gasteiger partial charge in [-0.2, -0.15) is 4.31 Å². The Morgan fingerprint density at radius 1 is 0.915 bits per heavy atom. The Hall–Kier alpha value is -4.32. The monoisotopic (exact) mass is 660 g/mol. The van der Waals surface area contributed by atoms with E-state index in [-0.39, 0.29) is 49.8 Å². The average molecular weight is 661 g/mol. The van der Waals surface area contributed by atoms with Crippen LogP contribution in [0.1, 0.15) is 43.5 Å². The normalized spacial score (nSPS) is 13.6. The molecule has 250 valence electrons. The van der Waals surface area contributed by atoms with Crippen LogP contribution in [0, 0.1) is 11.8 Å². The third-order valence-electron chi connectivity index (χ3n) is 7.87. The number of ether oxygens (including phenoxy) is 1. The van der Waals surface area contributed by atoms with Gasteiger partial charge in [0.2, 0.25) is 15.9 Å². The number of aliphatic hydroxyl groups is 1. The topological polar surface area (TPSA) is 142 Å². The zero-order valence-electron chi connectivity index (χ0n) is 26.9. The standard InChI is InChI=1S/C36H44N4O6S/c1-27(2)18-19-40(47(44,45)32-16-10-5-11-17-32)24-34(41)33(20-28-12-6-3-7-13-28)39-36(43)30(21-31-23-37-26-38-31)22-35(42)46-25-29-14-8-4-9-15-29/h3-17,23,26-27,30,33-34,41H,18-22,24-25H2,1-2H3,(H,37,38)(H,39,43)/t30-,33+,34-/m1/s1. The Labute approximate surface area is 277 Å². The first kappa shape index (κ1) is 35.5. The lowest BCUT2D eigenvalue weighted by Gasteiger charge is -2.31. The quantitative estimate of drug-likeness (QED) is 0.133. The molecule has 0 radical (unpaired) electrons. The van der Waals surface area contributed by atoms with Crippen LogP contribution in [0.25, 0.3) is 0 Å². The molecule has 0 saturated carbocycles. The molecule has 4 rings (SSSR count). The summed E-state index contributed by atoms with van der Waals surface area (Å²) in [4.78, 5) is 34.0. The number of aromatic amines is 1. The van der Waals surface area contributed by atoms with Crippen molar-refractivity contribution in [1.29, 1.82) is 0 Å². The third kappa shape index (κ3) is 11.2. The van der Waals surface area contributed by atoms with Crippen molar-refractivity contribution in [2.24, 2.45) is 11.8 Å². The van der Waals surface area contributed by atoms with Crippen molar-refractivity contribution >= 4 is 21.9 Å². The lowest BCUT2D eigenvalue weighted by molar-refractivity contribution is -0.148. The number of hydrogen-bond donors (Lipinski definition) is 3. The predicted molar refractivity (Wildman–Crippen MR) is 179 cm³/mol. The zero-order valence-corrected chi connectivity index (χ0v) is 27.7. The van der Waals surface area contributed by atoms with E-state index in [4.69, 9.17) is 4.74 Å². The summed E-state index contributed by atoms with van der Waals surface area (Å²) in [5.41, 5.74) is 2.34. The molecule has 3 aromatic carbocycles. The van der Waals surface area contributed by atoms with E-state index in [1.54, 1.807) is 24.4 Å². The summed E-state index contributed by atoms with van der Waals surface area (Å²) in [5.74, 6) is -1.61. The molecular weight excluding hydrogens is 616 g/mol. The lowest BCUT2D eigenvalue weighted by Crippen LogP contribution is -2.52. The van der Waals surface area contributed by atoms with Crippen LogP contribution < -0.4 is 5.32 Å². The van der Waals surface area contributed by atoms with E-state index in [2.05, 4.69) is 15.3 Å². The van der Waals surface area contributed by atoms with E-state index in [0.29, 0.717) is 12.1 Å². The number of nitrogens with one attached hydrogen (secondary N) is 2. The highest BCUT2D eigenvalue weighted by Crippen LogP contribution is 2.20. The highest BCUT2D eigenvalue weighted by molar-refractivity contribution is 7.89. The Bertz CT molecular complexity index is 1620. The number of aromatic nitrogens is 2. The van der Waals surface area contributed by atoms with Gasteiger partial charge in [-0.3, -0.25) is 9.59 Å². The molecule has 0 aliphatic carbocycles. The van der Waals surface area contributed by atoms with Gasteiger partial charge in [0.25, 0.3) is 0 Å². The van der Waals surface area contributed by atoms with Crippen molar-refractivity contribution in [3.05, 3.63) is 120 Å². The maximum Gasteiger partial charge on any atom is 0.306 e. The number of sulfonamides is 1. The summed E-state index contributed by atoms with van der Waals surface area (Å²) in [5, 5.41) is 14.6. The number of esters is 1. The minimum Gasteiger partial charge on any atom is -0.461 e. The molecule has 11 heteroatoms. The van der Waals surface area contributed by atoms with Crippen molar-refractivity contribution in [3.63, 3.8) is 0 Å². The molecule has 0 spiro atoms. The smallest absolute Gasteiger partial charge is 0.306 e. The molecule has 47 heavy (non-hydrogen) atoms. The Morgan fingerprint density at radius 2 is 1.53 bits per heavy atom. The van der Waals surface area contributed by atoms with Crippen molar-refractivity contribution in [2.45, 2.75) is 63.2 Å². The van der Waals surface area contributed by atoms with E-state index >= 15 is 0 Å². The highest BCUT2D eigenvalue weighted by Gasteiger charge is 2.33. The highest BCUT2D eigenvalue weighted by atomic mass is 32.2. The first-order valence-electron chi connectivity index (χ1n) is 15.9. The summed E-state index contributed by atoms with van der Waals surface area (Å²) < 4.78 is 34.2. The SMILES string of the molecule is CC(C)CCN(C[C@@H](O)[C@H](Cc1ccccc1)NC(=O)[C@@H](CC(=O)OCc1ccccc1)Cc1cnc[nH]1)S(=O)(=O)c1ccccc1. The summed E-state index contributed by atoms with van der Waals surface area (Å²) >= 11 is 0. The first-order chi connectivity index (χ1) is 22.6. The molecule has 1 aromatic heterocycles. The van der Waals surface area contributed by atoms with Gasteiger partial charge in [0.15, 0.2) is 0 Å². The van der Waals surface area contributed by atoms with Gasteiger partial charge in [0.05, 0.1) is 35.7 Å². The zero-order chi connectivity index (χ0) is 33.6. The minimum atomic E-state index is -3.93. The minimum absolute atomic E-state index is 0.0789. The van der Waals surface area contributed by atoms with Crippen LogP contribution in [0.5, 0.6) is 0 Å². The fraction of sp³-hybridized carbons (Fsp3) is 0.361. The van der Waals surface area contributed by atoms with Crippen LogP contribution in [-0.2, 0) is 43.8 Å². The molecule has 3 atom stereocenters. The molecule has 1 amide bonds. The van der Waals surface area contributed by atoms with Gasteiger partial charge in [0, 0.05) is 31.4 Å². The number of H-pyrrole nitrogens is 1. The van der Waals surface area contributed by atoms with Gasteiger partial charge < -0.3 is 20.1 Å². The molecule has 0 fully saturated rings. The van der Waals surface area contributed by atoms with Gasteiger partial charge in [-0.15, -0.1) is 0 Å². The molecule has 0 aliphatic heterocycles. The number of carbonyl (C=O) groups excluding carboxylic acids is 2. The largest absolute Gasteiger partial charge is 0.461 e. The second kappa shape index (κ2) is 17.6. The Morgan fingerprint density at radius 3 is 2.13 bits per heavy atom. The fourth-order valence-electron chi connectivity index (χ4n) is 5.16. The van der Waals surface area contributed by atoms with Gasteiger partial charge in [-0.25, -0.2) is 13.4 Å². The van der Waals surface area contributed by atoms with Gasteiger partial charge in [-0.1, -0.05) is 92.7 Å². The van der Waals surface area contributed by atoms with Gasteiger partial charge >= 0.3 is 5.97 Å². The van der Waals surface area contributed by atoms with Gasteiger partial charge in [0.1, 0.15) is 6.61 Å². The van der Waals surface area contributed by atoms with Crippen molar-refractivity contribution < 1.29 is 27.9 Å². The van der Waals surface area contributed by atoms with Crippen LogP contribution in [0.3, 0.4) is 0 Å². The second-order valence-electron chi connectivity index (χ2n) is 12.1. The average Bonchev–Trinajstić information content (AvgIpc) is 3.59. The fourth-order valence-corrected chi connectivity index (χ4v) is 6.65. The van der Waals surface area contributed by atoms with E-state index < -0.39 is 40.0 Å². The van der Waals surface area contributed by atoms with Crippen LogP contribution in [-0.4, -0.2) is 64.9 Å². The molecule has 4 aromatic rings. The summed E-state index contributed by atoms with van der Waals surface area (Å²) in [7, 11) is -3.93. The van der Waals surface area contributed by atoms with Crippen LogP contribution in [0.2, 0.25) is 0 Å². The van der Waals surface area contributed by atoms with Crippen LogP contribution in [0.4, 0.5) is 0 Å². The first-order valence-corrected chi connectivity index (χ1v) is 17.3. The van der Waals surface area contributed by atoms with Crippen LogP contribution >= 0.6 is 0 Å². The summed E-state index contributed by atoms with van der Waals surface area (Å²) in [6.45, 7) is 4.06. The number of carbonyl (C=O) groups is 2. The molecular formula is C36H44N4O6S. The third-order valence-corrected chi connectivity index (χ3v) is 9.75. The Kier molecular flexibility index (Phi) is 13.3. The maximum atomic E-state index is 13.9. The molecule has 10 nitrogen and oxygen atoms in total. The summed E-state index contributed by atoms with van der Waals surface area (Å²) in [6, 6.07) is 25.9. The molecule has 3 N–H and O–H groups in total. The molecule has 1 heterocycles. The summed E-state index contributed by atoms with van der Waals surface area (Å²) in [6.07, 6.45) is 2.64. The number of hydrogen-bond acceptors (Lipinski definition) is 7. The number of amides is 1. The molecule has 0 bridgehead atoms. The van der Waals surface area contributed by atoms with E-state index in [9.17, 15) is 23.1 Å². The van der Waals surface area contributed by atoms with E-state index in [1.165, 1.54) is 22.8 Å². The molecule has 0 unspecified atom stereocenters. The molecule has 0 aliphatic rings. The maximum absolute atomic E-state index is 13.9. The Balaban J connectivity index is 1.55. The van der Waals surface area contributed by atoms with Crippen LogP contribution in [0.15, 0.2) is 108 Å². The van der Waals surface area contributed by atoms with E-state index in [1.807, 2.05) is 74.5 Å². The van der Waals surface area contributed by atoms with Gasteiger partial charge in [-0.05, 0) is 42.0 Å². The number of rotatable bonds is 18. The van der Waals surface area contributed by atoms with Crippen molar-refractivity contribution in [2.75, 3.05) is 13.1 Å². The predicted octanol–water partition coefficient (Wildman–Crippen LogP) is 4.53. The number of imidazole rings is 1.